The molecule has 0 bridgehead atoms. The monoisotopic (exact) mass is 290 g/mol. The molecule has 2 rings (SSSR count). The van der Waals surface area contributed by atoms with Crippen molar-refractivity contribution in [3.8, 4) is 5.75 Å². The van der Waals surface area contributed by atoms with E-state index in [0.29, 0.717) is 12.6 Å². The Morgan fingerprint density at radius 3 is 2.90 bits per heavy atom. The molecule has 1 aliphatic heterocycles. The van der Waals surface area contributed by atoms with Crippen LogP contribution in [0.1, 0.15) is 26.2 Å². The molecule has 0 radical (unpaired) electrons. The summed E-state index contributed by atoms with van der Waals surface area (Å²) >= 11 is 0. The lowest BCUT2D eigenvalue weighted by atomic mass is 10.0. The molecule has 1 fully saturated rings. The number of rotatable bonds is 6. The van der Waals surface area contributed by atoms with Gasteiger partial charge in [0.25, 0.3) is 0 Å². The van der Waals surface area contributed by atoms with E-state index in [1.54, 1.807) is 0 Å². The Morgan fingerprint density at radius 1 is 1.43 bits per heavy atom. The van der Waals surface area contributed by atoms with Gasteiger partial charge >= 0.3 is 0 Å². The minimum Gasteiger partial charge on any atom is -0.494 e. The molecule has 0 saturated carbocycles. The Hall–Kier alpha value is -1.55. The maximum Gasteiger partial charge on any atom is 0.225 e. The molecule has 0 aliphatic carbocycles. The van der Waals surface area contributed by atoms with Crippen LogP contribution < -0.4 is 10.1 Å². The minimum absolute atomic E-state index is 0.0179. The van der Waals surface area contributed by atoms with Crippen molar-refractivity contribution in [3.05, 3.63) is 30.3 Å². The molecule has 4 heteroatoms. The molecule has 1 saturated heterocycles. The van der Waals surface area contributed by atoms with E-state index in [1.165, 1.54) is 0 Å². The summed E-state index contributed by atoms with van der Waals surface area (Å²) in [7, 11) is 1.97. The highest BCUT2D eigenvalue weighted by Crippen LogP contribution is 2.16. The molecule has 0 spiro atoms. The molecule has 2 atom stereocenters. The standard InChI is InChI=1S/C17H26N2O2/c1-14(10-12-21-16-8-4-3-5-9-16)17(20)19-11-6-7-15(13-19)18-2/h3-5,8-9,14-15,18H,6-7,10-13H2,1-2H3. The number of nitrogens with one attached hydrogen (secondary N) is 1. The number of piperidine rings is 1. The highest BCUT2D eigenvalue weighted by atomic mass is 16.5. The van der Waals surface area contributed by atoms with Crippen LogP contribution in [0, 0.1) is 5.92 Å². The van der Waals surface area contributed by atoms with Crippen LogP contribution in [0.2, 0.25) is 0 Å². The zero-order chi connectivity index (χ0) is 15.1. The number of hydrogen-bond acceptors (Lipinski definition) is 3. The van der Waals surface area contributed by atoms with Crippen molar-refractivity contribution in [3.63, 3.8) is 0 Å². The summed E-state index contributed by atoms with van der Waals surface area (Å²) < 4.78 is 5.67. The van der Waals surface area contributed by atoms with Gasteiger partial charge in [-0.25, -0.2) is 0 Å². The van der Waals surface area contributed by atoms with Crippen molar-refractivity contribution in [1.82, 2.24) is 10.2 Å². The molecular weight excluding hydrogens is 264 g/mol. The van der Waals surface area contributed by atoms with E-state index in [9.17, 15) is 4.79 Å². The number of ether oxygens (including phenoxy) is 1. The first-order chi connectivity index (χ1) is 10.2. The second kappa shape index (κ2) is 8.03. The smallest absolute Gasteiger partial charge is 0.225 e. The van der Waals surface area contributed by atoms with Crippen molar-refractivity contribution in [1.29, 1.82) is 0 Å². The van der Waals surface area contributed by atoms with Crippen molar-refractivity contribution in [2.45, 2.75) is 32.2 Å². The number of para-hydroxylation sites is 1. The fraction of sp³-hybridized carbons (Fsp3) is 0.588. The number of benzene rings is 1. The van der Waals surface area contributed by atoms with Gasteiger partial charge in [-0.05, 0) is 38.4 Å². The number of nitrogens with zero attached hydrogens (tertiary/aromatic N) is 1. The minimum atomic E-state index is 0.0179. The van der Waals surface area contributed by atoms with Gasteiger partial charge in [0.05, 0.1) is 6.61 Å². The van der Waals surface area contributed by atoms with E-state index in [-0.39, 0.29) is 11.8 Å². The third-order valence-corrected chi connectivity index (χ3v) is 4.13. The summed E-state index contributed by atoms with van der Waals surface area (Å²) in [5.74, 6) is 1.14. The second-order valence-electron chi connectivity index (χ2n) is 5.76. The SMILES string of the molecule is CNC1CCCN(C(=O)C(C)CCOc2ccccc2)C1. The van der Waals surface area contributed by atoms with E-state index < -0.39 is 0 Å². The van der Waals surface area contributed by atoms with Crippen molar-refractivity contribution < 1.29 is 9.53 Å². The van der Waals surface area contributed by atoms with E-state index in [0.717, 1.165) is 38.1 Å². The van der Waals surface area contributed by atoms with Crippen LogP contribution in [0.4, 0.5) is 0 Å². The quantitative estimate of drug-likeness (QED) is 0.874. The predicted molar refractivity (Wildman–Crippen MR) is 84.4 cm³/mol. The Labute approximate surface area is 127 Å². The highest BCUT2D eigenvalue weighted by molar-refractivity contribution is 5.78. The third-order valence-electron chi connectivity index (χ3n) is 4.13. The number of likely N-dealkylation sites (N-methyl/N-ethyl adjacent to an activating group) is 1. The molecule has 2 unspecified atom stereocenters. The van der Waals surface area contributed by atoms with Gasteiger partial charge in [0.2, 0.25) is 5.91 Å². The molecule has 0 aromatic heterocycles. The number of carbonyl (C=O) groups is 1. The summed E-state index contributed by atoms with van der Waals surface area (Å²) in [4.78, 5) is 14.4. The summed E-state index contributed by atoms with van der Waals surface area (Å²) in [5.41, 5.74) is 0. The molecular formula is C17H26N2O2. The fourth-order valence-corrected chi connectivity index (χ4v) is 2.72. The van der Waals surface area contributed by atoms with Gasteiger partial charge < -0.3 is 15.0 Å². The number of carbonyl (C=O) groups excluding carboxylic acids is 1. The van der Waals surface area contributed by atoms with Gasteiger partial charge in [0, 0.05) is 25.0 Å². The van der Waals surface area contributed by atoms with Gasteiger partial charge in [0.1, 0.15) is 5.75 Å². The number of amides is 1. The summed E-state index contributed by atoms with van der Waals surface area (Å²) in [5, 5.41) is 3.27. The average molecular weight is 290 g/mol. The largest absolute Gasteiger partial charge is 0.494 e. The first kappa shape index (κ1) is 15.8. The predicted octanol–water partition coefficient (Wildman–Crippen LogP) is 2.30. The van der Waals surface area contributed by atoms with Crippen LogP contribution >= 0.6 is 0 Å². The molecule has 1 heterocycles. The van der Waals surface area contributed by atoms with Gasteiger partial charge in [-0.15, -0.1) is 0 Å². The maximum absolute atomic E-state index is 12.4. The van der Waals surface area contributed by atoms with Crippen LogP contribution in [0.25, 0.3) is 0 Å². The van der Waals surface area contributed by atoms with Gasteiger partial charge in [0.15, 0.2) is 0 Å². The first-order valence-corrected chi connectivity index (χ1v) is 7.84. The van der Waals surface area contributed by atoms with Crippen molar-refractivity contribution >= 4 is 5.91 Å². The van der Waals surface area contributed by atoms with Crippen molar-refractivity contribution in [2.75, 3.05) is 26.7 Å². The molecule has 116 valence electrons. The Balaban J connectivity index is 1.74. The Morgan fingerprint density at radius 2 is 2.19 bits per heavy atom. The lowest BCUT2D eigenvalue weighted by Gasteiger charge is -2.34. The average Bonchev–Trinajstić information content (AvgIpc) is 2.55. The molecule has 4 nitrogen and oxygen atoms in total. The van der Waals surface area contributed by atoms with Crippen LogP contribution in [0.15, 0.2) is 30.3 Å². The maximum atomic E-state index is 12.4. The lowest BCUT2D eigenvalue weighted by molar-refractivity contribution is -0.136. The number of hydrogen-bond donors (Lipinski definition) is 1. The second-order valence-corrected chi connectivity index (χ2v) is 5.76. The summed E-state index contributed by atoms with van der Waals surface area (Å²) in [6.07, 6.45) is 3.00. The van der Waals surface area contributed by atoms with Gasteiger partial charge in [-0.3, -0.25) is 4.79 Å². The molecule has 1 aliphatic rings. The molecule has 1 aromatic rings. The van der Waals surface area contributed by atoms with Crippen LogP contribution in [-0.2, 0) is 4.79 Å². The van der Waals surface area contributed by atoms with Gasteiger partial charge in [-0.2, -0.15) is 0 Å². The molecule has 21 heavy (non-hydrogen) atoms. The Bertz CT molecular complexity index is 436. The van der Waals surface area contributed by atoms with Crippen LogP contribution in [-0.4, -0.2) is 43.6 Å². The Kier molecular flexibility index (Phi) is 6.05. The molecule has 1 aromatic carbocycles. The van der Waals surface area contributed by atoms with Crippen LogP contribution in [0.3, 0.4) is 0 Å². The van der Waals surface area contributed by atoms with E-state index in [4.69, 9.17) is 4.74 Å². The fourth-order valence-electron chi connectivity index (χ4n) is 2.72. The molecule has 1 N–H and O–H groups in total. The number of likely N-dealkylation sites (tertiary alicyclic amines) is 1. The van der Waals surface area contributed by atoms with E-state index >= 15 is 0 Å². The molecule has 1 amide bonds. The lowest BCUT2D eigenvalue weighted by Crippen LogP contribution is -2.48. The zero-order valence-corrected chi connectivity index (χ0v) is 13.0. The summed E-state index contributed by atoms with van der Waals surface area (Å²) in [6.45, 7) is 4.31. The van der Waals surface area contributed by atoms with Crippen molar-refractivity contribution in [2.24, 2.45) is 5.92 Å². The first-order valence-electron chi connectivity index (χ1n) is 7.84. The van der Waals surface area contributed by atoms with E-state index in [2.05, 4.69) is 5.32 Å². The summed E-state index contributed by atoms with van der Waals surface area (Å²) in [6, 6.07) is 10.2. The van der Waals surface area contributed by atoms with Crippen LogP contribution in [0.5, 0.6) is 5.75 Å². The van der Waals surface area contributed by atoms with E-state index in [1.807, 2.05) is 49.2 Å². The highest BCUT2D eigenvalue weighted by Gasteiger charge is 2.25. The third kappa shape index (κ3) is 4.74. The van der Waals surface area contributed by atoms with Gasteiger partial charge in [-0.1, -0.05) is 25.1 Å². The normalized spacial score (nSPS) is 20.1. The zero-order valence-electron chi connectivity index (χ0n) is 13.0. The topological polar surface area (TPSA) is 41.6 Å².